The van der Waals surface area contributed by atoms with Crippen LogP contribution in [0.25, 0.3) is 22.3 Å². The fourth-order valence-electron chi connectivity index (χ4n) is 3.82. The van der Waals surface area contributed by atoms with E-state index in [-0.39, 0.29) is 0 Å². The molecule has 158 valence electrons. The Morgan fingerprint density at radius 2 is 1.53 bits per heavy atom. The average molecular weight is 409 g/mol. The molecule has 30 heavy (non-hydrogen) atoms. The fourth-order valence-corrected chi connectivity index (χ4v) is 3.82. The minimum atomic E-state index is 0.550. The molecule has 0 bridgehead atoms. The lowest BCUT2D eigenvalue weighted by atomic mass is 10.1. The first kappa shape index (κ1) is 20.1. The molecular weight excluding hydrogens is 382 g/mol. The molecule has 0 unspecified atom stereocenters. The SMILES string of the molecule is CCOc1cc2nc(-c3ccc(OC)c(OC)c3)nc(N3CCCC3)c2cc1OC. The predicted octanol–water partition coefficient (Wildman–Crippen LogP) is 4.32. The second-order valence-corrected chi connectivity index (χ2v) is 7.09. The summed E-state index contributed by atoms with van der Waals surface area (Å²) in [4.78, 5) is 12.1. The maximum absolute atomic E-state index is 5.78. The molecule has 1 saturated heterocycles. The van der Waals surface area contributed by atoms with Gasteiger partial charge in [0.2, 0.25) is 0 Å². The van der Waals surface area contributed by atoms with Crippen molar-refractivity contribution in [1.82, 2.24) is 9.97 Å². The smallest absolute Gasteiger partial charge is 0.163 e. The molecule has 0 spiro atoms. The van der Waals surface area contributed by atoms with E-state index in [1.165, 1.54) is 0 Å². The number of nitrogens with zero attached hydrogens (tertiary/aromatic N) is 3. The highest BCUT2D eigenvalue weighted by molar-refractivity contribution is 5.93. The largest absolute Gasteiger partial charge is 0.493 e. The van der Waals surface area contributed by atoms with Gasteiger partial charge in [0.15, 0.2) is 28.8 Å². The van der Waals surface area contributed by atoms with E-state index in [9.17, 15) is 0 Å². The maximum Gasteiger partial charge on any atom is 0.163 e. The van der Waals surface area contributed by atoms with Crippen molar-refractivity contribution in [3.8, 4) is 34.4 Å². The summed E-state index contributed by atoms with van der Waals surface area (Å²) in [5.74, 6) is 4.24. The van der Waals surface area contributed by atoms with Crippen LogP contribution in [0.15, 0.2) is 30.3 Å². The molecular formula is C23H27N3O4. The van der Waals surface area contributed by atoms with Gasteiger partial charge in [0.05, 0.1) is 33.5 Å². The van der Waals surface area contributed by atoms with Crippen LogP contribution in [0.3, 0.4) is 0 Å². The third kappa shape index (κ3) is 3.67. The topological polar surface area (TPSA) is 65.9 Å². The summed E-state index contributed by atoms with van der Waals surface area (Å²) in [7, 11) is 4.90. The monoisotopic (exact) mass is 409 g/mol. The second kappa shape index (κ2) is 8.65. The van der Waals surface area contributed by atoms with Crippen LogP contribution >= 0.6 is 0 Å². The van der Waals surface area contributed by atoms with Crippen LogP contribution in [0.5, 0.6) is 23.0 Å². The van der Waals surface area contributed by atoms with E-state index in [0.717, 1.165) is 48.2 Å². The third-order valence-corrected chi connectivity index (χ3v) is 5.31. The fraction of sp³-hybridized carbons (Fsp3) is 0.391. The number of anilines is 1. The summed E-state index contributed by atoms with van der Waals surface area (Å²) in [6.45, 7) is 4.46. The van der Waals surface area contributed by atoms with Crippen molar-refractivity contribution < 1.29 is 18.9 Å². The lowest BCUT2D eigenvalue weighted by molar-refractivity contribution is 0.311. The first-order valence-electron chi connectivity index (χ1n) is 10.2. The Kier molecular flexibility index (Phi) is 5.79. The molecule has 0 N–H and O–H groups in total. The summed E-state index contributed by atoms with van der Waals surface area (Å²) < 4.78 is 22.2. The van der Waals surface area contributed by atoms with Gasteiger partial charge in [-0.1, -0.05) is 0 Å². The first-order chi connectivity index (χ1) is 14.7. The molecule has 1 aromatic heterocycles. The van der Waals surface area contributed by atoms with Crippen LogP contribution in [0, 0.1) is 0 Å². The molecule has 0 radical (unpaired) electrons. The zero-order chi connectivity index (χ0) is 21.1. The van der Waals surface area contributed by atoms with Gasteiger partial charge in [0.1, 0.15) is 5.82 Å². The van der Waals surface area contributed by atoms with Gasteiger partial charge in [-0.25, -0.2) is 9.97 Å². The Morgan fingerprint density at radius 1 is 0.833 bits per heavy atom. The average Bonchev–Trinajstić information content (AvgIpc) is 3.32. The molecule has 0 aliphatic carbocycles. The van der Waals surface area contributed by atoms with Gasteiger partial charge >= 0.3 is 0 Å². The summed E-state index contributed by atoms with van der Waals surface area (Å²) in [5, 5.41) is 0.960. The highest BCUT2D eigenvalue weighted by Gasteiger charge is 2.21. The lowest BCUT2D eigenvalue weighted by Crippen LogP contribution is -2.20. The maximum atomic E-state index is 5.78. The number of rotatable bonds is 7. The Bertz CT molecular complexity index is 1050. The van der Waals surface area contributed by atoms with Gasteiger partial charge in [-0.15, -0.1) is 0 Å². The van der Waals surface area contributed by atoms with Crippen LogP contribution in [0.1, 0.15) is 19.8 Å². The normalized spacial score (nSPS) is 13.5. The molecule has 0 amide bonds. The molecule has 7 heteroatoms. The Morgan fingerprint density at radius 3 is 2.20 bits per heavy atom. The number of benzene rings is 2. The molecule has 1 fully saturated rings. The molecule has 0 atom stereocenters. The predicted molar refractivity (Wildman–Crippen MR) is 117 cm³/mol. The zero-order valence-corrected chi connectivity index (χ0v) is 17.9. The number of ether oxygens (including phenoxy) is 4. The summed E-state index contributed by atoms with van der Waals surface area (Å²) in [6.07, 6.45) is 2.32. The Hall–Kier alpha value is -3.22. The third-order valence-electron chi connectivity index (χ3n) is 5.31. The van der Waals surface area contributed by atoms with Crippen molar-refractivity contribution in [2.45, 2.75) is 19.8 Å². The Balaban J connectivity index is 1.92. The lowest BCUT2D eigenvalue weighted by Gasteiger charge is -2.20. The molecule has 7 nitrogen and oxygen atoms in total. The summed E-state index contributed by atoms with van der Waals surface area (Å²) >= 11 is 0. The molecule has 2 heterocycles. The highest BCUT2D eigenvalue weighted by atomic mass is 16.5. The van der Waals surface area contributed by atoms with Gasteiger partial charge < -0.3 is 23.8 Å². The van der Waals surface area contributed by atoms with E-state index in [1.54, 1.807) is 21.3 Å². The summed E-state index contributed by atoms with van der Waals surface area (Å²) in [5.41, 5.74) is 1.68. The quantitative estimate of drug-likeness (QED) is 0.576. The van der Waals surface area contributed by atoms with Crippen molar-refractivity contribution in [1.29, 1.82) is 0 Å². The summed E-state index contributed by atoms with van der Waals surface area (Å²) in [6, 6.07) is 9.64. The van der Waals surface area contributed by atoms with Crippen molar-refractivity contribution in [3.63, 3.8) is 0 Å². The van der Waals surface area contributed by atoms with Crippen LogP contribution in [-0.2, 0) is 0 Å². The van der Waals surface area contributed by atoms with E-state index in [1.807, 2.05) is 37.3 Å². The van der Waals surface area contributed by atoms with E-state index in [4.69, 9.17) is 28.9 Å². The minimum absolute atomic E-state index is 0.550. The van der Waals surface area contributed by atoms with Crippen LogP contribution < -0.4 is 23.8 Å². The van der Waals surface area contributed by atoms with Gasteiger partial charge in [-0.2, -0.15) is 0 Å². The van der Waals surface area contributed by atoms with Gasteiger partial charge in [-0.05, 0) is 44.0 Å². The minimum Gasteiger partial charge on any atom is -0.493 e. The highest BCUT2D eigenvalue weighted by Crippen LogP contribution is 2.38. The van der Waals surface area contributed by atoms with Gasteiger partial charge in [0, 0.05) is 30.1 Å². The van der Waals surface area contributed by atoms with Crippen molar-refractivity contribution in [2.24, 2.45) is 0 Å². The first-order valence-corrected chi connectivity index (χ1v) is 10.2. The molecule has 3 aromatic rings. The van der Waals surface area contributed by atoms with E-state index in [2.05, 4.69) is 4.90 Å². The van der Waals surface area contributed by atoms with Gasteiger partial charge in [-0.3, -0.25) is 0 Å². The second-order valence-electron chi connectivity index (χ2n) is 7.09. The number of aromatic nitrogens is 2. The molecule has 2 aromatic carbocycles. The standard InChI is InChI=1S/C23H27N3O4/c1-5-30-21-14-17-16(13-20(21)29-4)23(26-10-6-7-11-26)25-22(24-17)15-8-9-18(27-2)19(12-15)28-3/h8-9,12-14H,5-7,10-11H2,1-4H3. The van der Waals surface area contributed by atoms with E-state index < -0.39 is 0 Å². The van der Waals surface area contributed by atoms with Crippen LogP contribution in [-0.4, -0.2) is 51.0 Å². The van der Waals surface area contributed by atoms with Crippen molar-refractivity contribution in [2.75, 3.05) is 45.9 Å². The van der Waals surface area contributed by atoms with Crippen molar-refractivity contribution in [3.05, 3.63) is 30.3 Å². The van der Waals surface area contributed by atoms with E-state index >= 15 is 0 Å². The molecule has 1 aliphatic rings. The zero-order valence-electron chi connectivity index (χ0n) is 17.9. The molecule has 0 saturated carbocycles. The van der Waals surface area contributed by atoms with Crippen LogP contribution in [0.2, 0.25) is 0 Å². The number of hydrogen-bond donors (Lipinski definition) is 0. The molecule has 4 rings (SSSR count). The number of methoxy groups -OCH3 is 3. The van der Waals surface area contributed by atoms with Crippen LogP contribution in [0.4, 0.5) is 5.82 Å². The molecule has 1 aliphatic heterocycles. The van der Waals surface area contributed by atoms with Gasteiger partial charge in [0.25, 0.3) is 0 Å². The van der Waals surface area contributed by atoms with Crippen molar-refractivity contribution >= 4 is 16.7 Å². The Labute approximate surface area is 176 Å². The number of fused-ring (bicyclic) bond motifs is 1. The van der Waals surface area contributed by atoms with E-state index in [0.29, 0.717) is 35.4 Å². The number of hydrogen-bond acceptors (Lipinski definition) is 7.